The second kappa shape index (κ2) is 6.96. The number of rotatable bonds is 5. The third kappa shape index (κ3) is 5.20. The average Bonchev–Trinajstić information content (AvgIpc) is 2.18. The Bertz CT molecular complexity index is 290. The molecule has 0 fully saturated rings. The van der Waals surface area contributed by atoms with Crippen LogP contribution in [0.3, 0.4) is 0 Å². The molecule has 0 bridgehead atoms. The van der Waals surface area contributed by atoms with Gasteiger partial charge in [0.15, 0.2) is 0 Å². The maximum absolute atomic E-state index is 3.80. The molecular weight excluding hydrogens is 170 g/mol. The largest absolute Gasteiger partial charge is 0.356 e. The van der Waals surface area contributed by atoms with E-state index in [1.807, 2.05) is 45.1 Å². The molecule has 1 heteroatoms. The molecule has 0 aliphatic rings. The van der Waals surface area contributed by atoms with Gasteiger partial charge in [-0.3, -0.25) is 0 Å². The highest BCUT2D eigenvalue weighted by molar-refractivity contribution is 5.29. The molecule has 0 amide bonds. The van der Waals surface area contributed by atoms with E-state index in [1.54, 1.807) is 6.08 Å². The monoisotopic (exact) mass is 189 g/mol. The fourth-order valence-corrected chi connectivity index (χ4v) is 0.850. The molecule has 14 heavy (non-hydrogen) atoms. The first kappa shape index (κ1) is 12.5. The lowest BCUT2D eigenvalue weighted by molar-refractivity contribution is 1.03. The molecule has 1 nitrogen and oxygen atoms in total. The highest BCUT2D eigenvalue weighted by atomic mass is 14.9. The molecule has 76 valence electrons. The van der Waals surface area contributed by atoms with Crippen molar-refractivity contribution in [2.24, 2.45) is 0 Å². The molecule has 0 aromatic carbocycles. The summed E-state index contributed by atoms with van der Waals surface area (Å²) in [7, 11) is 0. The van der Waals surface area contributed by atoms with Crippen LogP contribution in [0.25, 0.3) is 0 Å². The van der Waals surface area contributed by atoms with Gasteiger partial charge in [-0.2, -0.15) is 0 Å². The lowest BCUT2D eigenvalue weighted by atomic mass is 10.2. The predicted molar refractivity (Wildman–Crippen MR) is 64.8 cm³/mol. The van der Waals surface area contributed by atoms with E-state index in [1.165, 1.54) is 0 Å². The SMILES string of the molecule is C=C/C(=C\C)NC(/C=C\C(=C)C)=C/C. The zero-order chi connectivity index (χ0) is 11.0. The Morgan fingerprint density at radius 3 is 2.00 bits per heavy atom. The minimum absolute atomic E-state index is 1.00. The third-order valence-corrected chi connectivity index (χ3v) is 1.68. The Labute approximate surface area is 87.2 Å². The molecule has 1 N–H and O–H groups in total. The Morgan fingerprint density at radius 2 is 1.64 bits per heavy atom. The number of hydrogen-bond donors (Lipinski definition) is 1. The number of hydrogen-bond acceptors (Lipinski definition) is 1. The average molecular weight is 189 g/mol. The molecule has 0 atom stereocenters. The van der Waals surface area contributed by atoms with E-state index >= 15 is 0 Å². The second-order valence-corrected chi connectivity index (χ2v) is 3.00. The van der Waals surface area contributed by atoms with Crippen LogP contribution in [0, 0.1) is 0 Å². The molecule has 0 heterocycles. The Hall–Kier alpha value is -1.50. The highest BCUT2D eigenvalue weighted by Gasteiger charge is 1.91. The van der Waals surface area contributed by atoms with Crippen molar-refractivity contribution in [2.45, 2.75) is 20.8 Å². The van der Waals surface area contributed by atoms with Gasteiger partial charge in [0.25, 0.3) is 0 Å². The van der Waals surface area contributed by atoms with Crippen molar-refractivity contribution in [3.8, 4) is 0 Å². The van der Waals surface area contributed by atoms with Crippen molar-refractivity contribution < 1.29 is 0 Å². The molecule has 0 radical (unpaired) electrons. The molecular formula is C13H19N. The number of nitrogens with one attached hydrogen (secondary N) is 1. The van der Waals surface area contributed by atoms with Gasteiger partial charge in [0.2, 0.25) is 0 Å². The van der Waals surface area contributed by atoms with Gasteiger partial charge >= 0.3 is 0 Å². The lowest BCUT2D eigenvalue weighted by Gasteiger charge is -2.06. The van der Waals surface area contributed by atoms with Crippen molar-refractivity contribution in [3.05, 3.63) is 60.5 Å². The standard InChI is InChI=1S/C13H19N/c1-6-12(7-2)14-13(8-3)10-9-11(4)5/h6-10,14H,1,4H2,2-3,5H3/b10-9-,12-7+,13-8+. The molecule has 0 aliphatic carbocycles. The quantitative estimate of drug-likeness (QED) is 0.650. The summed E-state index contributed by atoms with van der Waals surface area (Å²) in [6.07, 6.45) is 9.74. The van der Waals surface area contributed by atoms with Crippen LogP contribution >= 0.6 is 0 Å². The van der Waals surface area contributed by atoms with Crippen LogP contribution in [-0.4, -0.2) is 0 Å². The van der Waals surface area contributed by atoms with Gasteiger partial charge < -0.3 is 5.32 Å². The molecule has 0 saturated carbocycles. The van der Waals surface area contributed by atoms with Crippen molar-refractivity contribution >= 4 is 0 Å². The van der Waals surface area contributed by atoms with Crippen LogP contribution in [-0.2, 0) is 0 Å². The molecule has 0 aliphatic heterocycles. The Balaban J connectivity index is 4.47. The van der Waals surface area contributed by atoms with Gasteiger partial charge in [0.05, 0.1) is 0 Å². The molecule has 0 aromatic rings. The van der Waals surface area contributed by atoms with Gasteiger partial charge in [0.1, 0.15) is 0 Å². The van der Waals surface area contributed by atoms with Crippen molar-refractivity contribution in [3.63, 3.8) is 0 Å². The summed E-state index contributed by atoms with van der Waals surface area (Å²) in [5, 5.41) is 3.23. The summed E-state index contributed by atoms with van der Waals surface area (Å²) in [5.74, 6) is 0. The molecule has 0 aromatic heterocycles. The smallest absolute Gasteiger partial charge is 0.0340 e. The summed E-state index contributed by atoms with van der Waals surface area (Å²) < 4.78 is 0. The summed E-state index contributed by atoms with van der Waals surface area (Å²) in [6.45, 7) is 13.4. The summed E-state index contributed by atoms with van der Waals surface area (Å²) in [5.41, 5.74) is 3.08. The van der Waals surface area contributed by atoms with E-state index in [4.69, 9.17) is 0 Å². The van der Waals surface area contributed by atoms with Gasteiger partial charge in [-0.05, 0) is 32.9 Å². The Morgan fingerprint density at radius 1 is 1.07 bits per heavy atom. The van der Waals surface area contributed by atoms with E-state index in [9.17, 15) is 0 Å². The molecule has 0 saturated heterocycles. The van der Waals surface area contributed by atoms with Crippen molar-refractivity contribution in [2.75, 3.05) is 0 Å². The topological polar surface area (TPSA) is 12.0 Å². The number of allylic oxidation sites excluding steroid dienone is 6. The molecule has 0 spiro atoms. The van der Waals surface area contributed by atoms with E-state index in [0.717, 1.165) is 17.0 Å². The van der Waals surface area contributed by atoms with Crippen molar-refractivity contribution in [1.82, 2.24) is 5.32 Å². The molecule has 0 rings (SSSR count). The minimum atomic E-state index is 1.00. The molecule has 0 unspecified atom stereocenters. The van der Waals surface area contributed by atoms with Crippen LogP contribution in [0.5, 0.6) is 0 Å². The second-order valence-electron chi connectivity index (χ2n) is 3.00. The van der Waals surface area contributed by atoms with Crippen LogP contribution in [0.4, 0.5) is 0 Å². The fourth-order valence-electron chi connectivity index (χ4n) is 0.850. The van der Waals surface area contributed by atoms with E-state index < -0.39 is 0 Å². The maximum atomic E-state index is 3.80. The summed E-state index contributed by atoms with van der Waals surface area (Å²) in [4.78, 5) is 0. The summed E-state index contributed by atoms with van der Waals surface area (Å²) >= 11 is 0. The van der Waals surface area contributed by atoms with Gasteiger partial charge in [-0.1, -0.05) is 37.0 Å². The lowest BCUT2D eigenvalue weighted by Crippen LogP contribution is -2.08. The van der Waals surface area contributed by atoms with Crippen LogP contribution in [0.2, 0.25) is 0 Å². The van der Waals surface area contributed by atoms with Crippen LogP contribution in [0.1, 0.15) is 20.8 Å². The van der Waals surface area contributed by atoms with E-state index in [2.05, 4.69) is 18.5 Å². The first-order valence-corrected chi connectivity index (χ1v) is 4.69. The van der Waals surface area contributed by atoms with Gasteiger partial charge in [-0.15, -0.1) is 0 Å². The van der Waals surface area contributed by atoms with Gasteiger partial charge in [-0.25, -0.2) is 0 Å². The normalized spacial score (nSPS) is 13.1. The Kier molecular flexibility index (Phi) is 6.21. The van der Waals surface area contributed by atoms with Gasteiger partial charge in [0, 0.05) is 11.4 Å². The zero-order valence-electron chi connectivity index (χ0n) is 9.30. The first-order valence-electron chi connectivity index (χ1n) is 4.69. The van der Waals surface area contributed by atoms with Crippen molar-refractivity contribution in [1.29, 1.82) is 0 Å². The van der Waals surface area contributed by atoms with E-state index in [-0.39, 0.29) is 0 Å². The first-order chi connectivity index (χ1) is 6.63. The third-order valence-electron chi connectivity index (χ3n) is 1.68. The van der Waals surface area contributed by atoms with Crippen LogP contribution < -0.4 is 5.32 Å². The van der Waals surface area contributed by atoms with E-state index in [0.29, 0.717) is 0 Å². The maximum Gasteiger partial charge on any atom is 0.0340 e. The zero-order valence-corrected chi connectivity index (χ0v) is 9.30. The highest BCUT2D eigenvalue weighted by Crippen LogP contribution is 2.01. The minimum Gasteiger partial charge on any atom is -0.356 e. The summed E-state index contributed by atoms with van der Waals surface area (Å²) in [6, 6.07) is 0. The van der Waals surface area contributed by atoms with Crippen LogP contribution in [0.15, 0.2) is 60.5 Å². The predicted octanol–water partition coefficient (Wildman–Crippen LogP) is 3.70. The fraction of sp³-hybridized carbons (Fsp3) is 0.231.